The van der Waals surface area contributed by atoms with E-state index in [4.69, 9.17) is 39.2 Å². The van der Waals surface area contributed by atoms with Gasteiger partial charge in [0, 0.05) is 28.5 Å². The molecule has 1 N–H and O–H groups in total. The largest absolute Gasteiger partial charge is 0.459 e. The Bertz CT molecular complexity index is 1540. The van der Waals surface area contributed by atoms with Crippen LogP contribution in [0.15, 0.2) is 71.3 Å². The normalized spacial score (nSPS) is 11.4. The molecule has 0 bridgehead atoms. The van der Waals surface area contributed by atoms with Gasteiger partial charge < -0.3 is 14.3 Å². The number of nitrogens with one attached hydrogen (secondary N) is 1. The van der Waals surface area contributed by atoms with Crippen molar-refractivity contribution in [2.45, 2.75) is 26.3 Å². The van der Waals surface area contributed by atoms with Crippen LogP contribution in [0.25, 0.3) is 21.9 Å². The first-order valence-corrected chi connectivity index (χ1v) is 12.6. The van der Waals surface area contributed by atoms with Crippen LogP contribution in [0.1, 0.15) is 34.2 Å². The van der Waals surface area contributed by atoms with Crippen LogP contribution in [0.5, 0.6) is 0 Å². The number of carbonyl (C=O) groups is 1. The fraction of sp³-hybridized carbons (Fsp3) is 0.179. The van der Waals surface area contributed by atoms with Gasteiger partial charge in [-0.15, -0.1) is 0 Å². The van der Waals surface area contributed by atoms with Gasteiger partial charge in [0.1, 0.15) is 11.3 Å². The van der Waals surface area contributed by atoms with Gasteiger partial charge in [0.05, 0.1) is 27.7 Å². The highest BCUT2D eigenvalue weighted by atomic mass is 35.5. The van der Waals surface area contributed by atoms with Crippen LogP contribution >= 0.6 is 34.8 Å². The average molecular weight is 526 g/mol. The Balaban J connectivity index is 1.48. The van der Waals surface area contributed by atoms with E-state index in [0.29, 0.717) is 40.1 Å². The zero-order chi connectivity index (χ0) is 24.5. The van der Waals surface area contributed by atoms with Crippen molar-refractivity contribution in [2.24, 2.45) is 0 Å². The third-order valence-electron chi connectivity index (χ3n) is 6.19. The van der Waals surface area contributed by atoms with E-state index in [1.165, 1.54) is 5.56 Å². The number of fused-ring (bicyclic) bond motifs is 2. The molecule has 5 rings (SSSR count). The van der Waals surface area contributed by atoms with E-state index >= 15 is 0 Å². The molecule has 178 valence electrons. The van der Waals surface area contributed by atoms with Gasteiger partial charge in [0.15, 0.2) is 0 Å². The zero-order valence-corrected chi connectivity index (χ0v) is 21.3. The molecule has 0 atom stereocenters. The number of aromatic nitrogens is 1. The molecule has 0 aliphatic carbocycles. The minimum atomic E-state index is -0.130. The SMILES string of the molecule is CCc1ccc2cc(CN(CCc3ccc(Cl)c(Cl)c3)C(=O)c3cc(Cl)cc4cc[nH]c34)oc2c1. The van der Waals surface area contributed by atoms with E-state index in [9.17, 15) is 4.79 Å². The third-order valence-corrected chi connectivity index (χ3v) is 7.14. The lowest BCUT2D eigenvalue weighted by Gasteiger charge is -2.22. The summed E-state index contributed by atoms with van der Waals surface area (Å²) in [5.74, 6) is 0.593. The molecule has 2 heterocycles. The topological polar surface area (TPSA) is 49.2 Å². The summed E-state index contributed by atoms with van der Waals surface area (Å²) in [5.41, 5.74) is 4.31. The Morgan fingerprint density at radius 2 is 1.74 bits per heavy atom. The molecule has 0 radical (unpaired) electrons. The summed E-state index contributed by atoms with van der Waals surface area (Å²) in [6.07, 6.45) is 3.35. The summed E-state index contributed by atoms with van der Waals surface area (Å²) < 4.78 is 6.14. The number of halogens is 3. The molecule has 3 aromatic carbocycles. The highest BCUT2D eigenvalue weighted by Crippen LogP contribution is 2.27. The van der Waals surface area contributed by atoms with Crippen molar-refractivity contribution < 1.29 is 9.21 Å². The van der Waals surface area contributed by atoms with Gasteiger partial charge >= 0.3 is 0 Å². The zero-order valence-electron chi connectivity index (χ0n) is 19.1. The maximum atomic E-state index is 13.8. The molecule has 2 aromatic heterocycles. The van der Waals surface area contributed by atoms with Gasteiger partial charge in [-0.2, -0.15) is 0 Å². The van der Waals surface area contributed by atoms with Crippen molar-refractivity contribution in [2.75, 3.05) is 6.54 Å². The highest BCUT2D eigenvalue weighted by Gasteiger charge is 2.22. The number of aromatic amines is 1. The number of H-pyrrole nitrogens is 1. The molecule has 0 unspecified atom stereocenters. The Hall–Kier alpha value is -2.92. The summed E-state index contributed by atoms with van der Waals surface area (Å²) in [5, 5.41) is 3.42. The number of hydrogen-bond donors (Lipinski definition) is 1. The first kappa shape index (κ1) is 23.8. The molecule has 0 saturated heterocycles. The molecule has 0 fully saturated rings. The molecule has 0 aliphatic rings. The standard InChI is InChI=1S/C28H23Cl3N2O2/c1-2-17-3-5-19-14-22(35-26(19)12-17)16-33(10-8-18-4-6-24(30)25(31)11-18)28(34)23-15-21(29)13-20-7-9-32-27(20)23/h3-7,9,11-15,32H,2,8,10,16H2,1H3. The van der Waals surface area contributed by atoms with E-state index in [1.807, 2.05) is 36.5 Å². The lowest BCUT2D eigenvalue weighted by Crippen LogP contribution is -2.32. The van der Waals surface area contributed by atoms with E-state index in [-0.39, 0.29) is 5.91 Å². The van der Waals surface area contributed by atoms with E-state index in [0.717, 1.165) is 39.6 Å². The fourth-order valence-electron chi connectivity index (χ4n) is 4.30. The number of nitrogens with zero attached hydrogens (tertiary/aromatic N) is 1. The highest BCUT2D eigenvalue weighted by molar-refractivity contribution is 6.42. The fourth-order valence-corrected chi connectivity index (χ4v) is 4.85. The van der Waals surface area contributed by atoms with E-state index in [1.54, 1.807) is 17.0 Å². The molecule has 1 amide bonds. The Morgan fingerprint density at radius 1 is 0.914 bits per heavy atom. The lowest BCUT2D eigenvalue weighted by molar-refractivity contribution is 0.0736. The maximum absolute atomic E-state index is 13.8. The number of aryl methyl sites for hydroxylation is 1. The van der Waals surface area contributed by atoms with E-state index < -0.39 is 0 Å². The minimum absolute atomic E-state index is 0.130. The van der Waals surface area contributed by atoms with Crippen LogP contribution in [-0.2, 0) is 19.4 Å². The monoisotopic (exact) mass is 524 g/mol. The van der Waals surface area contributed by atoms with Crippen LogP contribution in [0, 0.1) is 0 Å². The van der Waals surface area contributed by atoms with Crippen molar-refractivity contribution in [3.05, 3.63) is 104 Å². The number of hydrogen-bond acceptors (Lipinski definition) is 2. The van der Waals surface area contributed by atoms with Crippen LogP contribution in [0.4, 0.5) is 0 Å². The summed E-state index contributed by atoms with van der Waals surface area (Å²) in [4.78, 5) is 18.8. The lowest BCUT2D eigenvalue weighted by atomic mass is 10.1. The van der Waals surface area contributed by atoms with Gasteiger partial charge in [0.25, 0.3) is 5.91 Å². The third kappa shape index (κ3) is 5.06. The first-order valence-electron chi connectivity index (χ1n) is 11.4. The van der Waals surface area contributed by atoms with Crippen LogP contribution in [0.2, 0.25) is 15.1 Å². The number of carbonyl (C=O) groups excluding carboxylic acids is 1. The molecule has 4 nitrogen and oxygen atoms in total. The van der Waals surface area contributed by atoms with Crippen molar-refractivity contribution in [1.82, 2.24) is 9.88 Å². The van der Waals surface area contributed by atoms with Crippen molar-refractivity contribution in [3.8, 4) is 0 Å². The Labute approximate surface area is 218 Å². The predicted molar refractivity (Wildman–Crippen MR) is 144 cm³/mol. The van der Waals surface area contributed by atoms with E-state index in [2.05, 4.69) is 30.1 Å². The Morgan fingerprint density at radius 3 is 2.54 bits per heavy atom. The van der Waals surface area contributed by atoms with Gasteiger partial charge in [0.2, 0.25) is 0 Å². The van der Waals surface area contributed by atoms with Crippen LogP contribution in [-0.4, -0.2) is 22.3 Å². The Kier molecular flexibility index (Phi) is 6.79. The van der Waals surface area contributed by atoms with Crippen molar-refractivity contribution in [3.63, 3.8) is 0 Å². The van der Waals surface area contributed by atoms with Crippen LogP contribution < -0.4 is 0 Å². The second-order valence-corrected chi connectivity index (χ2v) is 9.81. The number of benzene rings is 3. The number of rotatable bonds is 7. The summed E-state index contributed by atoms with van der Waals surface area (Å²) in [6.45, 7) is 2.90. The second-order valence-electron chi connectivity index (χ2n) is 8.56. The second kappa shape index (κ2) is 9.98. The summed E-state index contributed by atoms with van der Waals surface area (Å²) >= 11 is 18.6. The molecule has 35 heavy (non-hydrogen) atoms. The maximum Gasteiger partial charge on any atom is 0.256 e. The molecular weight excluding hydrogens is 503 g/mol. The van der Waals surface area contributed by atoms with Gasteiger partial charge in [-0.25, -0.2) is 0 Å². The molecule has 0 saturated carbocycles. The molecular formula is C28H23Cl3N2O2. The molecule has 0 spiro atoms. The van der Waals surface area contributed by atoms with Gasteiger partial charge in [-0.3, -0.25) is 4.79 Å². The van der Waals surface area contributed by atoms with Gasteiger partial charge in [-0.05, 0) is 66.4 Å². The quantitative estimate of drug-likeness (QED) is 0.232. The number of furan rings is 1. The molecule has 5 aromatic rings. The predicted octanol–water partition coefficient (Wildman–Crippen LogP) is 8.32. The molecule has 0 aliphatic heterocycles. The smallest absolute Gasteiger partial charge is 0.256 e. The van der Waals surface area contributed by atoms with Gasteiger partial charge in [-0.1, -0.05) is 59.9 Å². The average Bonchev–Trinajstić information content (AvgIpc) is 3.48. The van der Waals surface area contributed by atoms with Crippen molar-refractivity contribution in [1.29, 1.82) is 0 Å². The first-order chi connectivity index (χ1) is 16.9. The molecule has 7 heteroatoms. The number of amides is 1. The summed E-state index contributed by atoms with van der Waals surface area (Å²) in [7, 11) is 0. The van der Waals surface area contributed by atoms with Crippen molar-refractivity contribution >= 4 is 62.6 Å². The minimum Gasteiger partial charge on any atom is -0.459 e. The summed E-state index contributed by atoms with van der Waals surface area (Å²) in [6, 6.07) is 19.2. The van der Waals surface area contributed by atoms with Crippen LogP contribution in [0.3, 0.4) is 0 Å².